The summed E-state index contributed by atoms with van der Waals surface area (Å²) in [4.78, 5) is 11.0. The number of rotatable bonds is 6. The van der Waals surface area contributed by atoms with Crippen LogP contribution < -0.4 is 5.73 Å². The SMILES string of the molecule is COC(=O)C(N)CCSCc1ccc(Br)o1. The molecule has 1 atom stereocenters. The topological polar surface area (TPSA) is 65.5 Å². The van der Waals surface area contributed by atoms with Crippen molar-refractivity contribution in [2.75, 3.05) is 12.9 Å². The van der Waals surface area contributed by atoms with Gasteiger partial charge in [0, 0.05) is 0 Å². The lowest BCUT2D eigenvalue weighted by atomic mass is 10.2. The molecule has 2 N–H and O–H groups in total. The molecule has 0 aromatic carbocycles. The first kappa shape index (κ1) is 13.6. The second kappa shape index (κ2) is 6.98. The first-order valence-electron chi connectivity index (χ1n) is 4.79. The van der Waals surface area contributed by atoms with Crippen LogP contribution >= 0.6 is 27.7 Å². The first-order chi connectivity index (χ1) is 7.63. The van der Waals surface area contributed by atoms with E-state index in [-0.39, 0.29) is 5.97 Å². The largest absolute Gasteiger partial charge is 0.468 e. The summed E-state index contributed by atoms with van der Waals surface area (Å²) in [5.41, 5.74) is 5.59. The van der Waals surface area contributed by atoms with Crippen LogP contribution in [0.2, 0.25) is 0 Å². The molecular formula is C10H14BrNO3S. The Hall–Kier alpha value is -0.460. The van der Waals surface area contributed by atoms with Gasteiger partial charge >= 0.3 is 5.97 Å². The number of hydrogen-bond donors (Lipinski definition) is 1. The molecule has 1 heterocycles. The van der Waals surface area contributed by atoms with Crippen molar-refractivity contribution in [2.45, 2.75) is 18.2 Å². The van der Waals surface area contributed by atoms with Crippen molar-refractivity contribution in [1.82, 2.24) is 0 Å². The molecule has 1 rings (SSSR count). The van der Waals surface area contributed by atoms with Gasteiger partial charge in [0.15, 0.2) is 4.67 Å². The molecule has 6 heteroatoms. The molecule has 1 aromatic rings. The molecule has 0 saturated carbocycles. The Labute approximate surface area is 107 Å². The Morgan fingerprint density at radius 1 is 1.69 bits per heavy atom. The number of furan rings is 1. The van der Waals surface area contributed by atoms with Gasteiger partial charge in [-0.3, -0.25) is 4.79 Å². The third-order valence-electron chi connectivity index (χ3n) is 1.95. The van der Waals surface area contributed by atoms with E-state index in [2.05, 4.69) is 20.7 Å². The monoisotopic (exact) mass is 307 g/mol. The highest BCUT2D eigenvalue weighted by Crippen LogP contribution is 2.19. The summed E-state index contributed by atoms with van der Waals surface area (Å²) < 4.78 is 10.6. The van der Waals surface area contributed by atoms with E-state index in [9.17, 15) is 4.79 Å². The van der Waals surface area contributed by atoms with Crippen LogP contribution in [0.5, 0.6) is 0 Å². The highest BCUT2D eigenvalue weighted by molar-refractivity contribution is 9.10. The van der Waals surface area contributed by atoms with E-state index >= 15 is 0 Å². The van der Waals surface area contributed by atoms with Crippen molar-refractivity contribution < 1.29 is 13.9 Å². The molecule has 1 aromatic heterocycles. The number of thioether (sulfide) groups is 1. The Bertz CT molecular complexity index is 343. The van der Waals surface area contributed by atoms with Crippen molar-refractivity contribution in [3.8, 4) is 0 Å². The minimum absolute atomic E-state index is 0.360. The molecule has 0 aliphatic heterocycles. The second-order valence-electron chi connectivity index (χ2n) is 3.18. The van der Waals surface area contributed by atoms with E-state index in [4.69, 9.17) is 10.2 Å². The van der Waals surface area contributed by atoms with E-state index in [1.165, 1.54) is 7.11 Å². The number of nitrogens with two attached hydrogens (primary N) is 1. The van der Waals surface area contributed by atoms with Gasteiger partial charge in [-0.15, -0.1) is 0 Å². The van der Waals surface area contributed by atoms with Crippen molar-refractivity contribution in [3.05, 3.63) is 22.6 Å². The van der Waals surface area contributed by atoms with Gasteiger partial charge in [0.05, 0.1) is 12.9 Å². The van der Waals surface area contributed by atoms with Gasteiger partial charge in [-0.05, 0) is 40.2 Å². The lowest BCUT2D eigenvalue weighted by molar-refractivity contribution is -0.142. The predicted molar refractivity (Wildman–Crippen MR) is 67.2 cm³/mol. The summed E-state index contributed by atoms with van der Waals surface area (Å²) in [7, 11) is 1.34. The van der Waals surface area contributed by atoms with Gasteiger partial charge in [-0.1, -0.05) is 0 Å². The van der Waals surface area contributed by atoms with Crippen molar-refractivity contribution in [1.29, 1.82) is 0 Å². The average molecular weight is 308 g/mol. The molecule has 0 aliphatic rings. The third kappa shape index (κ3) is 4.59. The average Bonchev–Trinajstić information content (AvgIpc) is 2.69. The Morgan fingerprint density at radius 3 is 3.00 bits per heavy atom. The Balaban J connectivity index is 2.14. The Kier molecular flexibility index (Phi) is 5.94. The third-order valence-corrected chi connectivity index (χ3v) is 3.39. The zero-order valence-corrected chi connectivity index (χ0v) is 11.3. The molecule has 0 spiro atoms. The van der Waals surface area contributed by atoms with Gasteiger partial charge in [0.25, 0.3) is 0 Å². The van der Waals surface area contributed by atoms with Crippen LogP contribution in [0.15, 0.2) is 21.2 Å². The van der Waals surface area contributed by atoms with Gasteiger partial charge < -0.3 is 14.9 Å². The molecule has 90 valence electrons. The van der Waals surface area contributed by atoms with Gasteiger partial charge in [0.1, 0.15) is 11.8 Å². The maximum absolute atomic E-state index is 11.0. The summed E-state index contributed by atoms with van der Waals surface area (Å²) in [5.74, 6) is 2.12. The zero-order chi connectivity index (χ0) is 12.0. The fourth-order valence-corrected chi connectivity index (χ4v) is 2.34. The lowest BCUT2D eigenvalue weighted by Crippen LogP contribution is -2.31. The summed E-state index contributed by atoms with van der Waals surface area (Å²) in [6.45, 7) is 0. The molecule has 4 nitrogen and oxygen atoms in total. The fourth-order valence-electron chi connectivity index (χ4n) is 1.08. The van der Waals surface area contributed by atoms with E-state index < -0.39 is 6.04 Å². The van der Waals surface area contributed by atoms with Gasteiger partial charge in [0.2, 0.25) is 0 Å². The number of esters is 1. The van der Waals surface area contributed by atoms with E-state index in [1.54, 1.807) is 11.8 Å². The minimum atomic E-state index is -0.527. The molecule has 0 fully saturated rings. The van der Waals surface area contributed by atoms with Gasteiger partial charge in [-0.25, -0.2) is 0 Å². The van der Waals surface area contributed by atoms with Crippen LogP contribution in [0.4, 0.5) is 0 Å². The summed E-state index contributed by atoms with van der Waals surface area (Å²) >= 11 is 4.91. The standard InChI is InChI=1S/C10H14BrNO3S/c1-14-10(13)8(12)4-5-16-6-7-2-3-9(11)15-7/h2-3,8H,4-6,12H2,1H3. The number of methoxy groups -OCH3 is 1. The quantitative estimate of drug-likeness (QED) is 0.644. The summed E-state index contributed by atoms with van der Waals surface area (Å²) in [6.07, 6.45) is 0.610. The molecule has 0 amide bonds. The highest BCUT2D eigenvalue weighted by atomic mass is 79.9. The molecule has 0 aliphatic carbocycles. The number of carbonyl (C=O) groups excluding carboxylic acids is 1. The smallest absolute Gasteiger partial charge is 0.322 e. The normalized spacial score (nSPS) is 12.4. The van der Waals surface area contributed by atoms with E-state index in [0.29, 0.717) is 6.42 Å². The fraction of sp³-hybridized carbons (Fsp3) is 0.500. The molecule has 0 bridgehead atoms. The van der Waals surface area contributed by atoms with Crippen molar-refractivity contribution in [3.63, 3.8) is 0 Å². The second-order valence-corrected chi connectivity index (χ2v) is 5.06. The van der Waals surface area contributed by atoms with Crippen LogP contribution in [0.3, 0.4) is 0 Å². The first-order valence-corrected chi connectivity index (χ1v) is 6.73. The molecular weight excluding hydrogens is 294 g/mol. The highest BCUT2D eigenvalue weighted by Gasteiger charge is 2.12. The predicted octanol–water partition coefficient (Wildman–Crippen LogP) is 2.17. The minimum Gasteiger partial charge on any atom is -0.468 e. The maximum Gasteiger partial charge on any atom is 0.322 e. The van der Waals surface area contributed by atoms with Crippen molar-refractivity contribution >= 4 is 33.7 Å². The zero-order valence-electron chi connectivity index (χ0n) is 8.94. The summed E-state index contributed by atoms with van der Waals surface area (Å²) in [6, 6.07) is 3.24. The number of carbonyl (C=O) groups is 1. The van der Waals surface area contributed by atoms with Crippen LogP contribution in [0, 0.1) is 0 Å². The Morgan fingerprint density at radius 2 is 2.44 bits per heavy atom. The number of hydrogen-bond acceptors (Lipinski definition) is 5. The van der Waals surface area contributed by atoms with Crippen LogP contribution in [-0.2, 0) is 15.3 Å². The van der Waals surface area contributed by atoms with E-state index in [0.717, 1.165) is 21.9 Å². The van der Waals surface area contributed by atoms with Crippen molar-refractivity contribution in [2.24, 2.45) is 5.73 Å². The molecule has 0 saturated heterocycles. The number of halogens is 1. The van der Waals surface area contributed by atoms with E-state index in [1.807, 2.05) is 12.1 Å². The lowest BCUT2D eigenvalue weighted by Gasteiger charge is -2.07. The maximum atomic E-state index is 11.0. The number of ether oxygens (including phenoxy) is 1. The molecule has 0 radical (unpaired) electrons. The molecule has 16 heavy (non-hydrogen) atoms. The van der Waals surface area contributed by atoms with Crippen LogP contribution in [-0.4, -0.2) is 24.9 Å². The molecule has 1 unspecified atom stereocenters. The summed E-state index contributed by atoms with van der Waals surface area (Å²) in [5, 5.41) is 0. The van der Waals surface area contributed by atoms with Crippen LogP contribution in [0.25, 0.3) is 0 Å². The van der Waals surface area contributed by atoms with Crippen LogP contribution in [0.1, 0.15) is 12.2 Å². The van der Waals surface area contributed by atoms with Gasteiger partial charge in [-0.2, -0.15) is 11.8 Å².